The van der Waals surface area contributed by atoms with Gasteiger partial charge in [0.2, 0.25) is 0 Å². The van der Waals surface area contributed by atoms with Gasteiger partial charge in [-0.25, -0.2) is 0 Å². The maximum Gasteiger partial charge on any atom is 0.134 e. The van der Waals surface area contributed by atoms with Crippen LogP contribution in [0.3, 0.4) is 0 Å². The quantitative estimate of drug-likeness (QED) is 0.916. The molecule has 1 heterocycles. The van der Waals surface area contributed by atoms with Crippen LogP contribution in [0.5, 0.6) is 5.75 Å². The third-order valence-electron chi connectivity index (χ3n) is 4.55. The lowest BCUT2D eigenvalue weighted by molar-refractivity contribution is 0.300. The zero-order valence-corrected chi connectivity index (χ0v) is 11.4. The molecule has 1 saturated carbocycles. The average molecular weight is 259 g/mol. The minimum absolute atomic E-state index is 0.0931. The number of rotatable bonds is 3. The SMILES string of the molecule is COc1ccc2occ(C3(CN)CCCCC3)c2c1. The summed E-state index contributed by atoms with van der Waals surface area (Å²) < 4.78 is 11.0. The minimum Gasteiger partial charge on any atom is -0.497 e. The molecule has 3 rings (SSSR count). The summed E-state index contributed by atoms with van der Waals surface area (Å²) >= 11 is 0. The fourth-order valence-corrected chi connectivity index (χ4v) is 3.36. The molecule has 0 bridgehead atoms. The van der Waals surface area contributed by atoms with Crippen LogP contribution in [-0.2, 0) is 5.41 Å². The molecule has 0 amide bonds. The molecular formula is C16H21NO2. The summed E-state index contributed by atoms with van der Waals surface area (Å²) in [4.78, 5) is 0. The number of fused-ring (bicyclic) bond motifs is 1. The van der Waals surface area contributed by atoms with Gasteiger partial charge in [-0.05, 0) is 31.0 Å². The van der Waals surface area contributed by atoms with Crippen LogP contribution in [0.2, 0.25) is 0 Å². The van der Waals surface area contributed by atoms with E-state index in [1.165, 1.54) is 24.8 Å². The van der Waals surface area contributed by atoms with Gasteiger partial charge < -0.3 is 14.9 Å². The van der Waals surface area contributed by atoms with Crippen molar-refractivity contribution < 1.29 is 9.15 Å². The molecular weight excluding hydrogens is 238 g/mol. The van der Waals surface area contributed by atoms with E-state index in [-0.39, 0.29) is 5.41 Å². The molecule has 102 valence electrons. The van der Waals surface area contributed by atoms with Crippen LogP contribution >= 0.6 is 0 Å². The first-order chi connectivity index (χ1) is 9.29. The average Bonchev–Trinajstić information content (AvgIpc) is 2.91. The van der Waals surface area contributed by atoms with Gasteiger partial charge in [0.05, 0.1) is 13.4 Å². The van der Waals surface area contributed by atoms with Gasteiger partial charge in [0.15, 0.2) is 0 Å². The van der Waals surface area contributed by atoms with Gasteiger partial charge in [0.1, 0.15) is 11.3 Å². The first kappa shape index (κ1) is 12.5. The highest BCUT2D eigenvalue weighted by Crippen LogP contribution is 2.43. The molecule has 2 aromatic rings. The van der Waals surface area contributed by atoms with Gasteiger partial charge in [-0.15, -0.1) is 0 Å². The van der Waals surface area contributed by atoms with Gasteiger partial charge in [-0.3, -0.25) is 0 Å². The first-order valence-corrected chi connectivity index (χ1v) is 7.05. The van der Waals surface area contributed by atoms with Crippen LogP contribution in [0.1, 0.15) is 37.7 Å². The molecule has 1 fully saturated rings. The Balaban J connectivity index is 2.12. The second-order valence-corrected chi connectivity index (χ2v) is 5.56. The number of methoxy groups -OCH3 is 1. The van der Waals surface area contributed by atoms with Crippen molar-refractivity contribution in [1.82, 2.24) is 0 Å². The Morgan fingerprint density at radius 3 is 2.74 bits per heavy atom. The minimum atomic E-state index is 0.0931. The Hall–Kier alpha value is -1.48. The molecule has 3 heteroatoms. The van der Waals surface area contributed by atoms with Crippen LogP contribution in [-0.4, -0.2) is 13.7 Å². The fraction of sp³-hybridized carbons (Fsp3) is 0.500. The van der Waals surface area contributed by atoms with Crippen molar-refractivity contribution in [2.75, 3.05) is 13.7 Å². The predicted molar refractivity (Wildman–Crippen MR) is 76.6 cm³/mol. The van der Waals surface area contributed by atoms with Crippen molar-refractivity contribution in [3.8, 4) is 5.75 Å². The molecule has 0 atom stereocenters. The normalized spacial score (nSPS) is 18.6. The molecule has 0 radical (unpaired) electrons. The van der Waals surface area contributed by atoms with E-state index in [0.717, 1.165) is 29.6 Å². The molecule has 3 nitrogen and oxygen atoms in total. The van der Waals surface area contributed by atoms with E-state index in [1.54, 1.807) is 7.11 Å². The van der Waals surface area contributed by atoms with Crippen molar-refractivity contribution in [3.05, 3.63) is 30.0 Å². The molecule has 1 aromatic carbocycles. The van der Waals surface area contributed by atoms with Crippen molar-refractivity contribution in [3.63, 3.8) is 0 Å². The Morgan fingerprint density at radius 1 is 1.26 bits per heavy atom. The maximum atomic E-state index is 6.12. The van der Waals surface area contributed by atoms with Crippen molar-refractivity contribution >= 4 is 11.0 Å². The van der Waals surface area contributed by atoms with E-state index < -0.39 is 0 Å². The number of hydrogen-bond donors (Lipinski definition) is 1. The van der Waals surface area contributed by atoms with Gasteiger partial charge >= 0.3 is 0 Å². The standard InChI is InChI=1S/C16H21NO2/c1-18-12-5-6-15-13(9-12)14(10-19-15)16(11-17)7-3-2-4-8-16/h5-6,9-10H,2-4,7-8,11,17H2,1H3. The zero-order valence-electron chi connectivity index (χ0n) is 11.4. The van der Waals surface area contributed by atoms with E-state index in [1.807, 2.05) is 18.4 Å². The maximum absolute atomic E-state index is 6.12. The highest BCUT2D eigenvalue weighted by molar-refractivity contribution is 5.83. The van der Waals surface area contributed by atoms with E-state index in [2.05, 4.69) is 6.07 Å². The van der Waals surface area contributed by atoms with Gasteiger partial charge in [0.25, 0.3) is 0 Å². The number of hydrogen-bond acceptors (Lipinski definition) is 3. The summed E-state index contributed by atoms with van der Waals surface area (Å²) in [6.07, 6.45) is 8.06. The summed E-state index contributed by atoms with van der Waals surface area (Å²) in [6.45, 7) is 0.693. The van der Waals surface area contributed by atoms with E-state index >= 15 is 0 Å². The summed E-state index contributed by atoms with van der Waals surface area (Å²) in [7, 11) is 1.69. The van der Waals surface area contributed by atoms with Crippen LogP contribution in [0.15, 0.2) is 28.9 Å². The summed E-state index contributed by atoms with van der Waals surface area (Å²) in [6, 6.07) is 5.98. The molecule has 1 aromatic heterocycles. The van der Waals surface area contributed by atoms with Crippen molar-refractivity contribution in [2.24, 2.45) is 5.73 Å². The number of furan rings is 1. The highest BCUT2D eigenvalue weighted by atomic mass is 16.5. The monoisotopic (exact) mass is 259 g/mol. The summed E-state index contributed by atoms with van der Waals surface area (Å²) in [5.41, 5.74) is 8.40. The Labute approximate surface area is 113 Å². The Bertz CT molecular complexity index is 567. The van der Waals surface area contributed by atoms with E-state index in [4.69, 9.17) is 14.9 Å². The molecule has 0 aliphatic heterocycles. The fourth-order valence-electron chi connectivity index (χ4n) is 3.36. The lowest BCUT2D eigenvalue weighted by Gasteiger charge is -2.35. The third-order valence-corrected chi connectivity index (χ3v) is 4.55. The Kier molecular flexibility index (Phi) is 3.23. The van der Waals surface area contributed by atoms with Crippen LogP contribution in [0.4, 0.5) is 0 Å². The first-order valence-electron chi connectivity index (χ1n) is 7.05. The summed E-state index contributed by atoms with van der Waals surface area (Å²) in [5.74, 6) is 0.873. The molecule has 2 N–H and O–H groups in total. The van der Waals surface area contributed by atoms with Crippen LogP contribution < -0.4 is 10.5 Å². The number of nitrogens with two attached hydrogens (primary N) is 1. The predicted octanol–water partition coefficient (Wildman–Crippen LogP) is 3.60. The van der Waals surface area contributed by atoms with Gasteiger partial charge in [-0.2, -0.15) is 0 Å². The molecule has 0 spiro atoms. The van der Waals surface area contributed by atoms with Crippen LogP contribution in [0, 0.1) is 0 Å². The second kappa shape index (κ2) is 4.89. The lowest BCUT2D eigenvalue weighted by atomic mass is 9.69. The molecule has 1 aliphatic rings. The smallest absolute Gasteiger partial charge is 0.134 e. The van der Waals surface area contributed by atoms with Gasteiger partial charge in [0, 0.05) is 22.9 Å². The molecule has 0 unspecified atom stereocenters. The third kappa shape index (κ3) is 2.02. The zero-order chi connectivity index (χ0) is 13.3. The van der Waals surface area contributed by atoms with E-state index in [0.29, 0.717) is 6.54 Å². The lowest BCUT2D eigenvalue weighted by Crippen LogP contribution is -2.36. The number of benzene rings is 1. The molecule has 0 saturated heterocycles. The van der Waals surface area contributed by atoms with Gasteiger partial charge in [-0.1, -0.05) is 19.3 Å². The molecule has 1 aliphatic carbocycles. The highest BCUT2D eigenvalue weighted by Gasteiger charge is 2.35. The van der Waals surface area contributed by atoms with Crippen molar-refractivity contribution in [2.45, 2.75) is 37.5 Å². The largest absolute Gasteiger partial charge is 0.497 e. The Morgan fingerprint density at radius 2 is 2.05 bits per heavy atom. The second-order valence-electron chi connectivity index (χ2n) is 5.56. The van der Waals surface area contributed by atoms with Crippen LogP contribution in [0.25, 0.3) is 11.0 Å². The summed E-state index contributed by atoms with van der Waals surface area (Å²) in [5, 5.41) is 1.16. The van der Waals surface area contributed by atoms with Crippen molar-refractivity contribution in [1.29, 1.82) is 0 Å². The number of ether oxygens (including phenoxy) is 1. The van der Waals surface area contributed by atoms with E-state index in [9.17, 15) is 0 Å². The topological polar surface area (TPSA) is 48.4 Å². The molecule has 19 heavy (non-hydrogen) atoms.